The number of aliphatic hydroxyl groups excluding tert-OH is 1. The number of carbonyl (C=O) groups excluding carboxylic acids is 1. The molecular formula is C12H16FNO3. The van der Waals surface area contributed by atoms with Gasteiger partial charge in [0.25, 0.3) is 0 Å². The molecule has 0 aliphatic carbocycles. The average Bonchev–Trinajstić information content (AvgIpc) is 2.27. The molecule has 1 N–H and O–H groups in total. The Morgan fingerprint density at radius 2 is 2.18 bits per heavy atom. The minimum atomic E-state index is -1.28. The van der Waals surface area contributed by atoms with Crippen LogP contribution in [0.15, 0.2) is 18.2 Å². The van der Waals surface area contributed by atoms with Crippen molar-refractivity contribution < 1.29 is 19.0 Å². The number of hydrogen-bond acceptors (Lipinski definition) is 4. The van der Waals surface area contributed by atoms with Crippen LogP contribution >= 0.6 is 0 Å². The fourth-order valence-electron chi connectivity index (χ4n) is 1.58. The van der Waals surface area contributed by atoms with Crippen LogP contribution in [-0.2, 0) is 16.0 Å². The quantitative estimate of drug-likeness (QED) is 0.798. The van der Waals surface area contributed by atoms with Crippen molar-refractivity contribution in [2.24, 2.45) is 0 Å². The molecule has 1 rings (SSSR count). The zero-order valence-corrected chi connectivity index (χ0v) is 10.1. The van der Waals surface area contributed by atoms with E-state index < -0.39 is 17.9 Å². The Morgan fingerprint density at radius 1 is 1.53 bits per heavy atom. The Hall–Kier alpha value is -1.62. The SMILES string of the molecule is COC(=O)C(O)Cc1cc(F)ccc1N(C)C. The maximum atomic E-state index is 13.1. The van der Waals surface area contributed by atoms with E-state index in [0.717, 1.165) is 5.69 Å². The smallest absolute Gasteiger partial charge is 0.335 e. The zero-order chi connectivity index (χ0) is 13.0. The molecule has 94 valence electrons. The van der Waals surface area contributed by atoms with E-state index in [0.29, 0.717) is 5.56 Å². The maximum Gasteiger partial charge on any atom is 0.335 e. The van der Waals surface area contributed by atoms with Gasteiger partial charge < -0.3 is 14.7 Å². The van der Waals surface area contributed by atoms with Gasteiger partial charge in [0.15, 0.2) is 6.10 Å². The van der Waals surface area contributed by atoms with Crippen molar-refractivity contribution in [1.29, 1.82) is 0 Å². The van der Waals surface area contributed by atoms with Gasteiger partial charge in [-0.05, 0) is 23.8 Å². The number of anilines is 1. The molecule has 0 aromatic heterocycles. The molecule has 1 atom stereocenters. The molecule has 0 heterocycles. The van der Waals surface area contributed by atoms with Crippen LogP contribution in [0.2, 0.25) is 0 Å². The molecule has 0 bridgehead atoms. The molecule has 1 unspecified atom stereocenters. The molecule has 0 radical (unpaired) electrons. The first-order valence-corrected chi connectivity index (χ1v) is 5.17. The van der Waals surface area contributed by atoms with E-state index in [1.807, 2.05) is 0 Å². The van der Waals surface area contributed by atoms with Crippen LogP contribution in [0.1, 0.15) is 5.56 Å². The molecule has 0 saturated heterocycles. The number of carbonyl (C=O) groups is 1. The topological polar surface area (TPSA) is 49.8 Å². The molecule has 1 aromatic rings. The summed E-state index contributed by atoms with van der Waals surface area (Å²) in [5.74, 6) is -1.12. The lowest BCUT2D eigenvalue weighted by Gasteiger charge is -2.18. The van der Waals surface area contributed by atoms with Gasteiger partial charge in [-0.3, -0.25) is 0 Å². The summed E-state index contributed by atoms with van der Waals surface area (Å²) in [6.07, 6.45) is -1.25. The summed E-state index contributed by atoms with van der Waals surface area (Å²) in [5.41, 5.74) is 1.32. The summed E-state index contributed by atoms with van der Waals surface area (Å²) in [6.45, 7) is 0. The summed E-state index contributed by atoms with van der Waals surface area (Å²) < 4.78 is 17.5. The minimum absolute atomic E-state index is 0.0257. The lowest BCUT2D eigenvalue weighted by atomic mass is 10.0. The lowest BCUT2D eigenvalue weighted by molar-refractivity contribution is -0.150. The summed E-state index contributed by atoms with van der Waals surface area (Å²) in [6, 6.07) is 4.25. The second kappa shape index (κ2) is 5.63. The molecule has 0 aliphatic heterocycles. The molecule has 0 spiro atoms. The Balaban J connectivity index is 2.96. The van der Waals surface area contributed by atoms with Gasteiger partial charge in [0.1, 0.15) is 5.82 Å². The van der Waals surface area contributed by atoms with Gasteiger partial charge in [-0.1, -0.05) is 0 Å². The Labute approximate surface area is 99.6 Å². The zero-order valence-electron chi connectivity index (χ0n) is 10.1. The highest BCUT2D eigenvalue weighted by Crippen LogP contribution is 2.21. The van der Waals surface area contributed by atoms with Crippen molar-refractivity contribution in [1.82, 2.24) is 0 Å². The van der Waals surface area contributed by atoms with Gasteiger partial charge in [-0.2, -0.15) is 0 Å². The van der Waals surface area contributed by atoms with Gasteiger partial charge >= 0.3 is 5.97 Å². The van der Waals surface area contributed by atoms with Crippen LogP contribution in [0.4, 0.5) is 10.1 Å². The predicted octanol–water partition coefficient (Wildman–Crippen LogP) is 0.968. The van der Waals surface area contributed by atoms with Gasteiger partial charge in [-0.25, -0.2) is 9.18 Å². The molecule has 1 aromatic carbocycles. The molecule has 0 amide bonds. The van der Waals surface area contributed by atoms with Crippen molar-refractivity contribution >= 4 is 11.7 Å². The first-order chi connectivity index (χ1) is 7.95. The van der Waals surface area contributed by atoms with E-state index in [4.69, 9.17) is 0 Å². The normalized spacial score (nSPS) is 12.1. The van der Waals surface area contributed by atoms with Crippen LogP contribution in [-0.4, -0.2) is 38.4 Å². The van der Waals surface area contributed by atoms with E-state index in [9.17, 15) is 14.3 Å². The molecule has 17 heavy (non-hydrogen) atoms. The number of esters is 1. The fraction of sp³-hybridized carbons (Fsp3) is 0.417. The largest absolute Gasteiger partial charge is 0.467 e. The Morgan fingerprint density at radius 3 is 2.71 bits per heavy atom. The number of ether oxygens (including phenoxy) is 1. The van der Waals surface area contributed by atoms with Crippen molar-refractivity contribution in [2.45, 2.75) is 12.5 Å². The van der Waals surface area contributed by atoms with E-state index in [2.05, 4.69) is 4.74 Å². The van der Waals surface area contributed by atoms with Crippen molar-refractivity contribution in [3.8, 4) is 0 Å². The third-order valence-corrected chi connectivity index (χ3v) is 2.41. The van der Waals surface area contributed by atoms with E-state index in [1.54, 1.807) is 25.1 Å². The molecule has 0 fully saturated rings. The summed E-state index contributed by atoms with van der Waals surface area (Å²) in [7, 11) is 4.81. The summed E-state index contributed by atoms with van der Waals surface area (Å²) in [4.78, 5) is 12.9. The standard InChI is InChI=1S/C12H16FNO3/c1-14(2)10-5-4-9(13)6-8(10)7-11(15)12(16)17-3/h4-6,11,15H,7H2,1-3H3. The van der Waals surface area contributed by atoms with Gasteiger partial charge in [-0.15, -0.1) is 0 Å². The van der Waals surface area contributed by atoms with Crippen LogP contribution in [0.25, 0.3) is 0 Å². The number of methoxy groups -OCH3 is 1. The lowest BCUT2D eigenvalue weighted by Crippen LogP contribution is -2.25. The Kier molecular flexibility index (Phi) is 4.45. The van der Waals surface area contributed by atoms with Crippen LogP contribution in [0.5, 0.6) is 0 Å². The average molecular weight is 241 g/mol. The number of halogens is 1. The maximum absolute atomic E-state index is 13.1. The fourth-order valence-corrected chi connectivity index (χ4v) is 1.58. The molecule has 0 aliphatic rings. The highest BCUT2D eigenvalue weighted by Gasteiger charge is 2.18. The molecule has 0 saturated carbocycles. The highest BCUT2D eigenvalue weighted by atomic mass is 19.1. The monoisotopic (exact) mass is 241 g/mol. The number of aliphatic hydroxyl groups is 1. The number of nitrogens with zero attached hydrogens (tertiary/aromatic N) is 1. The third kappa shape index (κ3) is 3.42. The second-order valence-electron chi connectivity index (χ2n) is 3.91. The van der Waals surface area contributed by atoms with Crippen molar-refractivity contribution in [2.75, 3.05) is 26.1 Å². The molecule has 4 nitrogen and oxygen atoms in total. The van der Waals surface area contributed by atoms with Crippen LogP contribution in [0, 0.1) is 5.82 Å². The van der Waals surface area contributed by atoms with Crippen LogP contribution in [0.3, 0.4) is 0 Å². The number of hydrogen-bond donors (Lipinski definition) is 1. The van der Waals surface area contributed by atoms with Crippen LogP contribution < -0.4 is 4.90 Å². The van der Waals surface area contributed by atoms with E-state index in [-0.39, 0.29) is 6.42 Å². The minimum Gasteiger partial charge on any atom is -0.467 e. The first kappa shape index (κ1) is 13.4. The second-order valence-corrected chi connectivity index (χ2v) is 3.91. The predicted molar refractivity (Wildman–Crippen MR) is 62.5 cm³/mol. The Bertz CT molecular complexity index is 407. The summed E-state index contributed by atoms with van der Waals surface area (Å²) >= 11 is 0. The molecule has 5 heteroatoms. The van der Waals surface area contributed by atoms with Gasteiger partial charge in [0.2, 0.25) is 0 Å². The van der Waals surface area contributed by atoms with Crippen molar-refractivity contribution in [3.05, 3.63) is 29.6 Å². The molecular weight excluding hydrogens is 225 g/mol. The van der Waals surface area contributed by atoms with Gasteiger partial charge in [0.05, 0.1) is 7.11 Å². The third-order valence-electron chi connectivity index (χ3n) is 2.41. The van der Waals surface area contributed by atoms with Gasteiger partial charge in [0, 0.05) is 26.2 Å². The van der Waals surface area contributed by atoms with E-state index >= 15 is 0 Å². The number of rotatable bonds is 4. The van der Waals surface area contributed by atoms with E-state index in [1.165, 1.54) is 19.2 Å². The number of benzene rings is 1. The van der Waals surface area contributed by atoms with Crippen molar-refractivity contribution in [3.63, 3.8) is 0 Å². The highest BCUT2D eigenvalue weighted by molar-refractivity contribution is 5.75. The first-order valence-electron chi connectivity index (χ1n) is 5.17. The summed E-state index contributed by atoms with van der Waals surface area (Å²) in [5, 5.41) is 9.55.